The van der Waals surface area contributed by atoms with Gasteiger partial charge in [0.25, 0.3) is 0 Å². The van der Waals surface area contributed by atoms with Crippen LogP contribution in [0.25, 0.3) is 5.65 Å². The van der Waals surface area contributed by atoms with Crippen molar-refractivity contribution in [2.45, 2.75) is 52.4 Å². The fourth-order valence-corrected chi connectivity index (χ4v) is 4.40. The summed E-state index contributed by atoms with van der Waals surface area (Å²) in [6, 6.07) is 9.44. The molecule has 1 aromatic carbocycles. The predicted molar refractivity (Wildman–Crippen MR) is 112 cm³/mol. The summed E-state index contributed by atoms with van der Waals surface area (Å²) in [4.78, 5) is 19.4. The SMILES string of the molecule is Cc1cc2nc(C)c(CCC(=O)N3CCC(c4ccc(O)cc4)CC3)c(C)n2n1. The lowest BCUT2D eigenvalue weighted by Crippen LogP contribution is -2.38. The lowest BCUT2D eigenvalue weighted by atomic mass is 9.89. The summed E-state index contributed by atoms with van der Waals surface area (Å²) in [7, 11) is 0. The summed E-state index contributed by atoms with van der Waals surface area (Å²) < 4.78 is 1.88. The minimum Gasteiger partial charge on any atom is -0.508 e. The van der Waals surface area contributed by atoms with Gasteiger partial charge in [-0.05, 0) is 69.2 Å². The minimum atomic E-state index is 0.213. The first-order valence-corrected chi connectivity index (χ1v) is 10.3. The number of fused-ring (bicyclic) bond motifs is 1. The summed E-state index contributed by atoms with van der Waals surface area (Å²) >= 11 is 0. The lowest BCUT2D eigenvalue weighted by molar-refractivity contribution is -0.132. The van der Waals surface area contributed by atoms with Crippen molar-refractivity contribution in [3.63, 3.8) is 0 Å². The van der Waals surface area contributed by atoms with Crippen molar-refractivity contribution < 1.29 is 9.90 Å². The summed E-state index contributed by atoms with van der Waals surface area (Å²) in [5.41, 5.74) is 6.23. The number of phenolic OH excluding ortho intramolecular Hbond substituents is 1. The smallest absolute Gasteiger partial charge is 0.222 e. The minimum absolute atomic E-state index is 0.213. The van der Waals surface area contributed by atoms with Gasteiger partial charge < -0.3 is 10.0 Å². The van der Waals surface area contributed by atoms with Gasteiger partial charge in [-0.25, -0.2) is 9.50 Å². The Morgan fingerprint density at radius 3 is 2.52 bits per heavy atom. The number of likely N-dealkylation sites (tertiary alicyclic amines) is 1. The molecule has 1 fully saturated rings. The maximum Gasteiger partial charge on any atom is 0.222 e. The first-order chi connectivity index (χ1) is 13.9. The quantitative estimate of drug-likeness (QED) is 0.735. The number of piperidine rings is 1. The maximum atomic E-state index is 12.8. The van der Waals surface area contributed by atoms with Crippen LogP contribution in [0.1, 0.15) is 53.4 Å². The molecule has 0 spiro atoms. The number of carbonyl (C=O) groups excluding carboxylic acids is 1. The highest BCUT2D eigenvalue weighted by atomic mass is 16.3. The van der Waals surface area contributed by atoms with Crippen LogP contribution in [0, 0.1) is 20.8 Å². The van der Waals surface area contributed by atoms with Crippen molar-refractivity contribution in [2.75, 3.05) is 13.1 Å². The molecule has 1 N–H and O–H groups in total. The van der Waals surface area contributed by atoms with Crippen LogP contribution in [0.15, 0.2) is 30.3 Å². The number of benzene rings is 1. The Morgan fingerprint density at radius 1 is 1.14 bits per heavy atom. The van der Waals surface area contributed by atoms with E-state index in [0.717, 1.165) is 54.2 Å². The Balaban J connectivity index is 1.37. The predicted octanol–water partition coefficient (Wildman–Crippen LogP) is 3.70. The van der Waals surface area contributed by atoms with E-state index in [2.05, 4.69) is 17.0 Å². The van der Waals surface area contributed by atoms with Crippen molar-refractivity contribution in [3.8, 4) is 5.75 Å². The van der Waals surface area contributed by atoms with Crippen LogP contribution in [-0.2, 0) is 11.2 Å². The van der Waals surface area contributed by atoms with Crippen LogP contribution in [0.3, 0.4) is 0 Å². The average Bonchev–Trinajstić information content (AvgIpc) is 3.08. The summed E-state index contributed by atoms with van der Waals surface area (Å²) in [6.45, 7) is 7.61. The van der Waals surface area contributed by atoms with Crippen LogP contribution < -0.4 is 0 Å². The van der Waals surface area contributed by atoms with E-state index in [4.69, 9.17) is 0 Å². The number of aromatic nitrogens is 3. The van der Waals surface area contributed by atoms with Crippen molar-refractivity contribution in [3.05, 3.63) is 58.5 Å². The number of hydrogen-bond acceptors (Lipinski definition) is 4. The van der Waals surface area contributed by atoms with Gasteiger partial charge in [0.1, 0.15) is 5.75 Å². The molecule has 0 aliphatic carbocycles. The molecule has 1 aliphatic rings. The van der Waals surface area contributed by atoms with Gasteiger partial charge in [0.15, 0.2) is 5.65 Å². The third-order valence-corrected chi connectivity index (χ3v) is 6.09. The van der Waals surface area contributed by atoms with Gasteiger partial charge in [-0.3, -0.25) is 4.79 Å². The van der Waals surface area contributed by atoms with E-state index >= 15 is 0 Å². The molecule has 0 radical (unpaired) electrons. The zero-order valence-electron chi connectivity index (χ0n) is 17.4. The van der Waals surface area contributed by atoms with E-state index in [1.54, 1.807) is 12.1 Å². The van der Waals surface area contributed by atoms with Crippen LogP contribution in [0.5, 0.6) is 5.75 Å². The van der Waals surface area contributed by atoms with Gasteiger partial charge in [0.05, 0.1) is 5.69 Å². The Bertz CT molecular complexity index is 1030. The van der Waals surface area contributed by atoms with Crippen LogP contribution >= 0.6 is 0 Å². The van der Waals surface area contributed by atoms with Crippen LogP contribution in [0.4, 0.5) is 0 Å². The lowest BCUT2D eigenvalue weighted by Gasteiger charge is -2.32. The number of rotatable bonds is 4. The Hall–Kier alpha value is -2.89. The van der Waals surface area contributed by atoms with E-state index in [0.29, 0.717) is 24.5 Å². The molecular formula is C23H28N4O2. The Morgan fingerprint density at radius 2 is 1.83 bits per heavy atom. The Kier molecular flexibility index (Phi) is 5.26. The number of nitrogens with zero attached hydrogens (tertiary/aromatic N) is 4. The third kappa shape index (κ3) is 3.97. The van der Waals surface area contributed by atoms with Crippen LogP contribution in [0.2, 0.25) is 0 Å². The second-order valence-electron chi connectivity index (χ2n) is 8.06. The van der Waals surface area contributed by atoms with Gasteiger partial charge >= 0.3 is 0 Å². The first kappa shape index (κ1) is 19.4. The van der Waals surface area contributed by atoms with Crippen molar-refractivity contribution in [1.29, 1.82) is 0 Å². The molecule has 0 unspecified atom stereocenters. The zero-order chi connectivity index (χ0) is 20.5. The average molecular weight is 393 g/mol. The van der Waals surface area contributed by atoms with Crippen molar-refractivity contribution in [1.82, 2.24) is 19.5 Å². The molecule has 152 valence electrons. The second kappa shape index (κ2) is 7.85. The molecule has 4 rings (SSSR count). The van der Waals surface area contributed by atoms with Gasteiger partial charge in [-0.1, -0.05) is 12.1 Å². The third-order valence-electron chi connectivity index (χ3n) is 6.09. The number of aryl methyl sites for hydroxylation is 3. The summed E-state index contributed by atoms with van der Waals surface area (Å²) in [5, 5.41) is 14.0. The molecule has 3 heterocycles. The maximum absolute atomic E-state index is 12.8. The molecule has 2 aromatic heterocycles. The van der Waals surface area contributed by atoms with Gasteiger partial charge in [-0.15, -0.1) is 0 Å². The van der Waals surface area contributed by atoms with Crippen molar-refractivity contribution in [2.24, 2.45) is 0 Å². The molecule has 1 amide bonds. The molecule has 6 heteroatoms. The first-order valence-electron chi connectivity index (χ1n) is 10.3. The monoisotopic (exact) mass is 392 g/mol. The number of aromatic hydroxyl groups is 1. The molecule has 3 aromatic rings. The van der Waals surface area contributed by atoms with Gasteiger partial charge in [0, 0.05) is 37.0 Å². The second-order valence-corrected chi connectivity index (χ2v) is 8.06. The topological polar surface area (TPSA) is 70.7 Å². The van der Waals surface area contributed by atoms with Gasteiger partial charge in [0.2, 0.25) is 5.91 Å². The number of carbonyl (C=O) groups is 1. The molecular weight excluding hydrogens is 364 g/mol. The molecule has 1 saturated heterocycles. The van der Waals surface area contributed by atoms with Gasteiger partial charge in [-0.2, -0.15) is 5.10 Å². The fraction of sp³-hybridized carbons (Fsp3) is 0.435. The molecule has 6 nitrogen and oxygen atoms in total. The number of phenols is 1. The number of hydrogen-bond donors (Lipinski definition) is 1. The normalized spacial score (nSPS) is 15.2. The molecule has 0 bridgehead atoms. The zero-order valence-corrected chi connectivity index (χ0v) is 17.4. The van der Waals surface area contributed by atoms with E-state index in [9.17, 15) is 9.90 Å². The van der Waals surface area contributed by atoms with E-state index in [1.165, 1.54) is 5.56 Å². The van der Waals surface area contributed by atoms with E-state index < -0.39 is 0 Å². The highest BCUT2D eigenvalue weighted by Crippen LogP contribution is 2.29. The molecule has 29 heavy (non-hydrogen) atoms. The largest absolute Gasteiger partial charge is 0.508 e. The number of amides is 1. The fourth-order valence-electron chi connectivity index (χ4n) is 4.40. The summed E-state index contributed by atoms with van der Waals surface area (Å²) in [6.07, 6.45) is 3.12. The summed E-state index contributed by atoms with van der Waals surface area (Å²) in [5.74, 6) is 0.966. The molecule has 0 saturated carbocycles. The molecule has 0 atom stereocenters. The van der Waals surface area contributed by atoms with Crippen molar-refractivity contribution >= 4 is 11.6 Å². The standard InChI is InChI=1S/C23H28N4O2/c1-15-14-22-24-16(2)21(17(3)27(22)25-15)8-9-23(29)26-12-10-19(11-13-26)18-4-6-20(28)7-5-18/h4-7,14,19,28H,8-13H2,1-3H3. The Labute approximate surface area is 171 Å². The van der Waals surface area contributed by atoms with Crippen LogP contribution in [-0.4, -0.2) is 43.6 Å². The highest BCUT2D eigenvalue weighted by Gasteiger charge is 2.24. The molecule has 1 aliphatic heterocycles. The van der Waals surface area contributed by atoms with E-state index in [-0.39, 0.29) is 5.91 Å². The highest BCUT2D eigenvalue weighted by molar-refractivity contribution is 5.76. The van der Waals surface area contributed by atoms with E-state index in [1.807, 2.05) is 41.5 Å².